The molecule has 0 spiro atoms. The molecular weight excluding hydrogens is 1520 g/mol. The number of amides is 4. The highest BCUT2D eigenvalue weighted by Crippen LogP contribution is 2.38. The quantitative estimate of drug-likeness (QED) is 0.0545. The molecule has 7 aromatic carbocycles. The molecule has 12 N–H and O–H groups in total. The summed E-state index contributed by atoms with van der Waals surface area (Å²) >= 11 is 17.8. The van der Waals surface area contributed by atoms with Crippen molar-refractivity contribution in [1.29, 1.82) is 0 Å². The lowest BCUT2D eigenvalue weighted by Gasteiger charge is -2.11. The van der Waals surface area contributed by atoms with Crippen LogP contribution in [0.3, 0.4) is 0 Å². The number of aromatic amines is 5. The van der Waals surface area contributed by atoms with Crippen LogP contribution >= 0.6 is 47.2 Å². The lowest BCUT2D eigenvalue weighted by molar-refractivity contribution is 0.0145. The highest BCUT2D eigenvalue weighted by molar-refractivity contribution is 6.32. The predicted octanol–water partition coefficient (Wildman–Crippen LogP) is 17.2. The van der Waals surface area contributed by atoms with E-state index in [0.717, 1.165) is 211 Å². The van der Waals surface area contributed by atoms with Gasteiger partial charge < -0.3 is 46.0 Å². The van der Waals surface area contributed by atoms with Crippen LogP contribution in [0.15, 0.2) is 177 Å². The van der Waals surface area contributed by atoms with E-state index in [9.17, 15) is 33.5 Å². The fourth-order valence-electron chi connectivity index (χ4n) is 15.3. The molecule has 28 heteroatoms. The average Bonchev–Trinajstić information content (AvgIpc) is 1.65. The van der Waals surface area contributed by atoms with Crippen molar-refractivity contribution in [2.75, 3.05) is 19.6 Å². The molecule has 0 radical (unpaired) electrons. The van der Waals surface area contributed by atoms with Crippen molar-refractivity contribution >= 4 is 197 Å². The molecule has 14 heterocycles. The number of H-pyrrole nitrogens is 5. The molecule has 4 aliphatic rings. The minimum atomic E-state index is -1.04. The number of rotatable bonds is 6. The molecule has 0 bridgehead atoms. The van der Waals surface area contributed by atoms with Gasteiger partial charge in [-0.3, -0.25) is 38.8 Å². The molecule has 0 unspecified atom stereocenters. The van der Waals surface area contributed by atoms with E-state index < -0.39 is 5.97 Å². The first kappa shape index (κ1) is 74.4. The fourth-order valence-corrected chi connectivity index (χ4v) is 15.7. The van der Waals surface area contributed by atoms with Gasteiger partial charge in [0, 0.05) is 154 Å². The van der Waals surface area contributed by atoms with E-state index in [1.807, 2.05) is 97.3 Å². The number of carboxylic acid groups (broad SMARTS) is 1. The number of nitrogens with one attached hydrogen (secondary N) is 9. The highest BCUT2D eigenvalue weighted by Gasteiger charge is 2.28. The molecule has 0 aliphatic carbocycles. The summed E-state index contributed by atoms with van der Waals surface area (Å²) in [6.07, 6.45) is 18.3. The predicted molar refractivity (Wildman–Crippen MR) is 441 cm³/mol. The van der Waals surface area contributed by atoms with Crippen molar-refractivity contribution in [3.8, 4) is 11.3 Å². The molecule has 0 saturated carbocycles. The highest BCUT2D eigenvalue weighted by atomic mass is 35.5. The molecule has 4 amide bonds. The van der Waals surface area contributed by atoms with Crippen LogP contribution in [0.2, 0.25) is 15.5 Å². The molecular formula is C85H66Cl4FN15O8. The number of carboxylic acids is 1. The van der Waals surface area contributed by atoms with E-state index in [1.54, 1.807) is 55.0 Å². The van der Waals surface area contributed by atoms with E-state index >= 15 is 0 Å². The Bertz CT molecular complexity index is 6680. The van der Waals surface area contributed by atoms with Crippen molar-refractivity contribution in [2.24, 2.45) is 5.90 Å². The third kappa shape index (κ3) is 14.6. The number of hydrogen-bond acceptors (Lipinski definition) is 13. The Balaban J connectivity index is 0.000000107. The molecule has 0 saturated heterocycles. The van der Waals surface area contributed by atoms with Gasteiger partial charge in [-0.05, 0) is 105 Å². The van der Waals surface area contributed by atoms with Gasteiger partial charge in [-0.25, -0.2) is 35.5 Å². The van der Waals surface area contributed by atoms with Gasteiger partial charge in [-0.2, -0.15) is 0 Å². The summed E-state index contributed by atoms with van der Waals surface area (Å²) in [6, 6.07) is 45.3. The van der Waals surface area contributed by atoms with Gasteiger partial charge in [0.25, 0.3) is 23.6 Å². The SMILES string of the molecule is Cl.NOCc1[nH]c2c(ccc3cnc(Cl)cc32)c1C(=O)O.O=C1NCCCc2[nH]c3c(ccc4cnc(-c5ccc(F)cc5)cc43)c21.O=C1NCCCc2[nH]c3c(ccc4cnc(C=Cc5ccccc5)cc43)c21.O=C1NCCCc2[nH]c3c(ccc4cnc(Cl)cc43)c21.O=C1NOCc2[nH]c3c(ccc4cnc(Cl)cc43)c21. The number of benzene rings is 7. The second kappa shape index (κ2) is 31.6. The molecule has 113 heavy (non-hydrogen) atoms. The van der Waals surface area contributed by atoms with Crippen LogP contribution in [0.25, 0.3) is 132 Å². The monoisotopic (exact) mass is 1580 g/mol. The average molecular weight is 1590 g/mol. The van der Waals surface area contributed by atoms with Crippen LogP contribution in [0.5, 0.6) is 0 Å². The molecule has 0 atom stereocenters. The van der Waals surface area contributed by atoms with Crippen molar-refractivity contribution in [1.82, 2.24) is 71.3 Å². The van der Waals surface area contributed by atoms with E-state index in [-0.39, 0.29) is 54.0 Å². The van der Waals surface area contributed by atoms with Crippen LogP contribution in [-0.4, -0.2) is 104 Å². The first-order valence-corrected chi connectivity index (χ1v) is 37.2. The first-order valence-electron chi connectivity index (χ1n) is 36.0. The number of nitrogens with two attached hydrogens (primary N) is 1. The van der Waals surface area contributed by atoms with Gasteiger partial charge in [0.05, 0.1) is 78.2 Å². The number of hydrogen-bond donors (Lipinski definition) is 11. The summed E-state index contributed by atoms with van der Waals surface area (Å²) in [5, 5.41) is 33.6. The van der Waals surface area contributed by atoms with E-state index in [4.69, 9.17) is 45.5 Å². The third-order valence-corrected chi connectivity index (χ3v) is 21.1. The maximum absolute atomic E-state index is 13.2. The van der Waals surface area contributed by atoms with Gasteiger partial charge >= 0.3 is 5.97 Å². The number of hydroxylamine groups is 1. The summed E-state index contributed by atoms with van der Waals surface area (Å²) in [6.45, 7) is 2.47. The number of pyridine rings is 5. The Morgan fingerprint density at radius 1 is 0.469 bits per heavy atom. The smallest absolute Gasteiger partial charge is 0.338 e. The Morgan fingerprint density at radius 3 is 1.34 bits per heavy atom. The van der Waals surface area contributed by atoms with Crippen molar-refractivity contribution in [3.63, 3.8) is 0 Å². The number of aromatic carboxylic acids is 1. The zero-order chi connectivity index (χ0) is 76.8. The number of aromatic nitrogens is 10. The second-order valence-electron chi connectivity index (χ2n) is 27.3. The third-order valence-electron chi connectivity index (χ3n) is 20.5. The van der Waals surface area contributed by atoms with Crippen molar-refractivity contribution in [3.05, 3.63) is 265 Å². The van der Waals surface area contributed by atoms with Crippen LogP contribution in [-0.2, 0) is 42.2 Å². The van der Waals surface area contributed by atoms with Crippen LogP contribution < -0.4 is 27.3 Å². The Labute approximate surface area is 661 Å². The summed E-state index contributed by atoms with van der Waals surface area (Å²) in [5.41, 5.74) is 17.9. The summed E-state index contributed by atoms with van der Waals surface area (Å²) in [5.74, 6) is 3.51. The van der Waals surface area contributed by atoms with E-state index in [1.165, 1.54) is 12.1 Å². The van der Waals surface area contributed by atoms with Crippen LogP contribution in [0, 0.1) is 5.82 Å². The molecule has 564 valence electrons. The zero-order valence-corrected chi connectivity index (χ0v) is 62.8. The maximum Gasteiger partial charge on any atom is 0.338 e. The van der Waals surface area contributed by atoms with Crippen molar-refractivity contribution in [2.45, 2.75) is 51.7 Å². The van der Waals surface area contributed by atoms with E-state index in [2.05, 4.69) is 100 Å². The van der Waals surface area contributed by atoms with Gasteiger partial charge in [0.2, 0.25) is 0 Å². The fraction of sp³-hybridized carbons (Fsp3) is 0.129. The number of nitrogens with zero attached hydrogens (tertiary/aromatic N) is 5. The largest absolute Gasteiger partial charge is 0.478 e. The number of fused-ring (bicyclic) bond motifs is 23. The standard InChI is InChI=1S/C23H19N3O.C21H16FN3O.C15H12ClN3O.C13H10ClN3O3.C13H8ClN3O2.ClH/c27-23-21-18-11-9-16-14-25-17(10-8-15-5-2-1-3-6-15)13-19(16)22(18)26-20(21)7-4-12-24-23;22-14-6-3-12(4-7-14)18-10-16-13(11-24-18)5-8-15-19-17(25-20(15)16)2-1-9-23-21(19)26;16-12-6-10-8(7-18-12)3-4-9-13-11(19-14(9)10)2-1-5-17-15(13)20;14-10-3-8-6(4-16-10)1-2-7-11(13(18)19)9(5-20-15)17-12(7)8;14-10-3-8-6(4-15-10)1-2-7-11-9(16-12(7)8)5-19-17-13(11)18;/h1-3,5-6,8-11,13-14,26H,4,7,12H2,(H,24,27);3-8,10-11,25H,1-2,9H2,(H,23,26);3-4,6-7,19H,1-2,5H2,(H,17,20);1-4,17H,5,15H2,(H,18,19);1-4,16H,5H2,(H,17,18);1H. The Morgan fingerprint density at radius 2 is 0.876 bits per heavy atom. The lowest BCUT2D eigenvalue weighted by Crippen LogP contribution is -2.29. The van der Waals surface area contributed by atoms with E-state index in [0.29, 0.717) is 50.8 Å². The zero-order valence-electron chi connectivity index (χ0n) is 59.7. The molecule has 23 nitrogen and oxygen atoms in total. The van der Waals surface area contributed by atoms with Gasteiger partial charge in [0.1, 0.15) is 34.5 Å². The first-order chi connectivity index (χ1) is 54.6. The normalized spacial score (nSPS) is 13.9. The number of carbonyl (C=O) groups is 5. The number of carbonyl (C=O) groups excluding carboxylic acids is 4. The lowest BCUT2D eigenvalue weighted by atomic mass is 10.0. The molecule has 17 aromatic rings. The summed E-state index contributed by atoms with van der Waals surface area (Å²) < 4.78 is 13.2. The maximum atomic E-state index is 13.2. The molecule has 10 aromatic heterocycles. The summed E-state index contributed by atoms with van der Waals surface area (Å²) in [4.78, 5) is 108. The second-order valence-corrected chi connectivity index (χ2v) is 28.5. The topological polar surface area (TPSA) is 342 Å². The van der Waals surface area contributed by atoms with Gasteiger partial charge in [-0.15, -0.1) is 12.4 Å². The number of halogens is 5. The summed E-state index contributed by atoms with van der Waals surface area (Å²) in [7, 11) is 0. The minimum Gasteiger partial charge on any atom is -0.478 e. The van der Waals surface area contributed by atoms with Gasteiger partial charge in [-0.1, -0.05) is 132 Å². The molecule has 21 rings (SSSR count). The van der Waals surface area contributed by atoms with Gasteiger partial charge in [0.15, 0.2) is 0 Å². The van der Waals surface area contributed by atoms with Crippen molar-refractivity contribution < 1.29 is 43.1 Å². The number of aryl methyl sites for hydroxylation is 3. The Hall–Kier alpha value is -12.7. The minimum absolute atomic E-state index is 0. The van der Waals surface area contributed by atoms with Crippen LogP contribution in [0.1, 0.15) is 111 Å². The molecule has 0 fully saturated rings. The molecule has 4 aliphatic heterocycles. The van der Waals surface area contributed by atoms with Crippen LogP contribution in [0.4, 0.5) is 4.39 Å². The Kier molecular flexibility index (Phi) is 20.8.